The van der Waals surface area contributed by atoms with E-state index in [2.05, 4.69) is 25.9 Å². The highest BCUT2D eigenvalue weighted by Gasteiger charge is 2.36. The van der Waals surface area contributed by atoms with Gasteiger partial charge >= 0.3 is 11.9 Å². The molecule has 0 unspecified atom stereocenters. The summed E-state index contributed by atoms with van der Waals surface area (Å²) in [5, 5.41) is 28.1. The lowest BCUT2D eigenvalue weighted by Crippen LogP contribution is -2.51. The van der Waals surface area contributed by atoms with Crippen LogP contribution in [-0.2, 0) is 44.8 Å². The Morgan fingerprint density at radius 1 is 0.687 bits per heavy atom. The molecule has 17 nitrogen and oxygen atoms in total. The highest BCUT2D eigenvalue weighted by Crippen LogP contribution is 2.27. The molecule has 10 N–H and O–H groups in total. The molecule has 0 aliphatic heterocycles. The standard InChI is InChI=1S/C50H87N7O10/c1-48(2,26-25-42(60)50(5,6)57-34-44(62)49(3,4)31-41(59)39(52)30-37-32-53-35-56-37)43(61)33-55-40(47(66)67)22-18-20-28-54-45(63)24-23-36(46(64)65)29-38(58)21-17-15-13-11-9-7-8-10-12-14-16-19-27-51/h32,35-36,39-40,55,57H,7-31,33-34,51-52H2,1-6H3,(H,53,56)(H,54,63)(H,64,65)(H,66,67)/t36-,39+,40+/m1/s1. The van der Waals surface area contributed by atoms with E-state index in [0.717, 1.165) is 38.6 Å². The first-order chi connectivity index (χ1) is 31.5. The lowest BCUT2D eigenvalue weighted by molar-refractivity contribution is -0.144. The van der Waals surface area contributed by atoms with Crippen LogP contribution in [0.15, 0.2) is 12.5 Å². The molecule has 17 heteroatoms. The summed E-state index contributed by atoms with van der Waals surface area (Å²) in [5.41, 5.74) is 9.23. The zero-order valence-corrected chi connectivity index (χ0v) is 41.7. The lowest BCUT2D eigenvalue weighted by atomic mass is 9.79. The molecule has 3 atom stereocenters. The summed E-state index contributed by atoms with van der Waals surface area (Å²) in [6.07, 6.45) is 18.5. The number of Topliss-reactive ketones (excluding diaryl/α,β-unsaturated/α-hetero) is 5. The number of hydrogen-bond acceptors (Lipinski definition) is 13. The van der Waals surface area contributed by atoms with Crippen LogP contribution in [0.4, 0.5) is 0 Å². The highest BCUT2D eigenvalue weighted by molar-refractivity contribution is 5.95. The van der Waals surface area contributed by atoms with E-state index in [0.29, 0.717) is 25.0 Å². The van der Waals surface area contributed by atoms with Gasteiger partial charge in [0.15, 0.2) is 23.1 Å². The van der Waals surface area contributed by atoms with E-state index in [1.54, 1.807) is 47.7 Å². The Labute approximate surface area is 399 Å². The zero-order chi connectivity index (χ0) is 50.5. The van der Waals surface area contributed by atoms with Crippen molar-refractivity contribution in [3.05, 3.63) is 18.2 Å². The fourth-order valence-electron chi connectivity index (χ4n) is 7.72. The number of aromatic amines is 1. The molecule has 1 amide bonds. The number of rotatable bonds is 43. The van der Waals surface area contributed by atoms with E-state index in [1.165, 1.54) is 51.3 Å². The van der Waals surface area contributed by atoms with Gasteiger partial charge in [-0.25, -0.2) is 4.98 Å². The highest BCUT2D eigenvalue weighted by atomic mass is 16.4. The number of ketones is 5. The van der Waals surface area contributed by atoms with Gasteiger partial charge in [0.2, 0.25) is 5.91 Å². The van der Waals surface area contributed by atoms with Crippen molar-refractivity contribution in [1.82, 2.24) is 25.9 Å². The third-order valence-electron chi connectivity index (χ3n) is 12.9. The van der Waals surface area contributed by atoms with Crippen molar-refractivity contribution in [2.24, 2.45) is 28.2 Å². The maximum Gasteiger partial charge on any atom is 0.320 e. The first-order valence-electron chi connectivity index (χ1n) is 24.8. The number of amides is 1. The minimum atomic E-state index is -1.13. The first-order valence-corrected chi connectivity index (χ1v) is 24.8. The number of carboxylic acid groups (broad SMARTS) is 2. The van der Waals surface area contributed by atoms with Crippen molar-refractivity contribution >= 4 is 46.8 Å². The quantitative estimate of drug-likeness (QED) is 0.0351. The number of carbonyl (C=O) groups excluding carboxylic acids is 6. The average molecular weight is 946 g/mol. The van der Waals surface area contributed by atoms with Crippen molar-refractivity contribution in [1.29, 1.82) is 0 Å². The lowest BCUT2D eigenvalue weighted by Gasteiger charge is -2.30. The fourth-order valence-corrected chi connectivity index (χ4v) is 7.72. The molecule has 382 valence electrons. The van der Waals surface area contributed by atoms with Crippen molar-refractivity contribution in [2.75, 3.05) is 26.2 Å². The number of hydrogen-bond donors (Lipinski definition) is 8. The number of carbonyl (C=O) groups is 8. The molecule has 0 aliphatic carbocycles. The first kappa shape index (κ1) is 60.8. The number of H-pyrrole nitrogens is 1. The van der Waals surface area contributed by atoms with Crippen LogP contribution in [0.2, 0.25) is 0 Å². The van der Waals surface area contributed by atoms with Gasteiger partial charge in [0, 0.05) is 67.8 Å². The Morgan fingerprint density at radius 3 is 1.82 bits per heavy atom. The van der Waals surface area contributed by atoms with Gasteiger partial charge in [-0.15, -0.1) is 0 Å². The summed E-state index contributed by atoms with van der Waals surface area (Å²) in [5.74, 6) is -4.59. The monoisotopic (exact) mass is 946 g/mol. The van der Waals surface area contributed by atoms with Crippen LogP contribution in [0.3, 0.4) is 0 Å². The smallest absolute Gasteiger partial charge is 0.320 e. The molecule has 0 aromatic carbocycles. The van der Waals surface area contributed by atoms with Crippen molar-refractivity contribution in [3.8, 4) is 0 Å². The van der Waals surface area contributed by atoms with Gasteiger partial charge < -0.3 is 32.0 Å². The van der Waals surface area contributed by atoms with Gasteiger partial charge in [-0.1, -0.05) is 91.9 Å². The van der Waals surface area contributed by atoms with E-state index in [9.17, 15) is 48.6 Å². The topological polar surface area (TPSA) is 294 Å². The molecule has 1 aromatic heterocycles. The Kier molecular flexibility index (Phi) is 29.5. The molecule has 0 saturated carbocycles. The third kappa shape index (κ3) is 26.8. The molecule has 1 heterocycles. The summed E-state index contributed by atoms with van der Waals surface area (Å²) in [6, 6.07) is -1.82. The number of imidazole rings is 1. The molecule has 0 radical (unpaired) electrons. The van der Waals surface area contributed by atoms with Crippen LogP contribution in [0.1, 0.15) is 188 Å². The minimum Gasteiger partial charge on any atom is -0.481 e. The number of aliphatic carboxylic acids is 2. The second-order valence-electron chi connectivity index (χ2n) is 20.3. The zero-order valence-electron chi connectivity index (χ0n) is 41.7. The Balaban J connectivity index is 2.36. The Hall–Kier alpha value is -4.19. The normalized spacial score (nSPS) is 13.4. The van der Waals surface area contributed by atoms with Crippen molar-refractivity contribution in [2.45, 2.75) is 207 Å². The van der Waals surface area contributed by atoms with Crippen molar-refractivity contribution < 1.29 is 48.6 Å². The molecule has 0 fully saturated rings. The minimum absolute atomic E-state index is 0.0259. The Morgan fingerprint density at radius 2 is 1.27 bits per heavy atom. The van der Waals surface area contributed by atoms with Gasteiger partial charge in [0.25, 0.3) is 0 Å². The molecule has 0 saturated heterocycles. The molecular weight excluding hydrogens is 859 g/mol. The molecule has 0 bridgehead atoms. The second-order valence-corrected chi connectivity index (χ2v) is 20.3. The van der Waals surface area contributed by atoms with Gasteiger partial charge in [-0.2, -0.15) is 0 Å². The molecule has 0 spiro atoms. The Bertz CT molecular complexity index is 1680. The van der Waals surface area contributed by atoms with E-state index in [4.69, 9.17) is 11.5 Å². The predicted molar refractivity (Wildman–Crippen MR) is 259 cm³/mol. The van der Waals surface area contributed by atoms with Crippen LogP contribution >= 0.6 is 0 Å². The van der Waals surface area contributed by atoms with Gasteiger partial charge in [-0.3, -0.25) is 49.0 Å². The van der Waals surface area contributed by atoms with E-state index >= 15 is 0 Å². The van der Waals surface area contributed by atoms with Gasteiger partial charge in [-0.05, 0) is 65.3 Å². The van der Waals surface area contributed by atoms with E-state index < -0.39 is 46.3 Å². The van der Waals surface area contributed by atoms with Crippen LogP contribution in [-0.4, -0.2) is 111 Å². The second kappa shape index (κ2) is 32.5. The summed E-state index contributed by atoms with van der Waals surface area (Å²) < 4.78 is 0. The summed E-state index contributed by atoms with van der Waals surface area (Å²) in [7, 11) is 0. The van der Waals surface area contributed by atoms with E-state index in [1.807, 2.05) is 0 Å². The van der Waals surface area contributed by atoms with Crippen LogP contribution in [0.25, 0.3) is 0 Å². The summed E-state index contributed by atoms with van der Waals surface area (Å²) >= 11 is 0. The predicted octanol–water partition coefficient (Wildman–Crippen LogP) is 5.95. The molecular formula is C50H87N7O10. The fraction of sp³-hybridized carbons (Fsp3) is 0.780. The maximum absolute atomic E-state index is 13.3. The summed E-state index contributed by atoms with van der Waals surface area (Å²) in [4.78, 5) is 108. The average Bonchev–Trinajstić information content (AvgIpc) is 3.78. The molecule has 1 rings (SSSR count). The largest absolute Gasteiger partial charge is 0.481 e. The molecule has 67 heavy (non-hydrogen) atoms. The van der Waals surface area contributed by atoms with Crippen LogP contribution in [0.5, 0.6) is 0 Å². The number of nitrogens with zero attached hydrogens (tertiary/aromatic N) is 1. The number of aromatic nitrogens is 2. The summed E-state index contributed by atoms with van der Waals surface area (Å²) in [6.45, 7) is 10.7. The molecule has 1 aromatic rings. The van der Waals surface area contributed by atoms with Crippen molar-refractivity contribution in [3.63, 3.8) is 0 Å². The van der Waals surface area contributed by atoms with Crippen LogP contribution < -0.4 is 27.4 Å². The number of nitrogens with two attached hydrogens (primary N) is 2. The van der Waals surface area contributed by atoms with E-state index in [-0.39, 0.29) is 106 Å². The number of unbranched alkanes of at least 4 members (excludes halogenated alkanes) is 12. The number of nitrogens with one attached hydrogen (secondary N) is 4. The third-order valence-corrected chi connectivity index (χ3v) is 12.9. The maximum atomic E-state index is 13.3. The SMILES string of the molecule is CC(C)(CCC(=O)C(C)(C)NCC(=O)C(C)(C)CC(=O)[C@@H](N)Cc1cnc[nH]1)C(=O)CN[C@@H](CCCCNC(=O)CC[C@H](CC(=O)CCCCCCCCCCCCCCN)C(=O)O)C(=O)O. The molecule has 0 aliphatic rings. The number of carboxylic acids is 2. The van der Waals surface area contributed by atoms with Crippen LogP contribution in [0, 0.1) is 16.7 Å². The van der Waals surface area contributed by atoms with Gasteiger partial charge in [0.05, 0.1) is 36.9 Å². The van der Waals surface area contributed by atoms with Gasteiger partial charge in [0.1, 0.15) is 11.8 Å².